The van der Waals surface area contributed by atoms with Crippen molar-refractivity contribution in [2.45, 2.75) is 112 Å². The number of ether oxygens (including phenoxy) is 4. The maximum absolute atomic E-state index is 13.9. The summed E-state index contributed by atoms with van der Waals surface area (Å²) in [6.45, 7) is 22.7. The fraction of sp³-hybridized carbons (Fsp3) is 0.524. The van der Waals surface area contributed by atoms with Gasteiger partial charge in [-0.15, -0.1) is 0 Å². The van der Waals surface area contributed by atoms with Crippen LogP contribution < -0.4 is 9.64 Å². The number of aryl methyl sites for hydroxylation is 1. The smallest absolute Gasteiger partial charge is 0.340 e. The van der Waals surface area contributed by atoms with Gasteiger partial charge in [0.2, 0.25) is 0 Å². The van der Waals surface area contributed by atoms with Gasteiger partial charge in [-0.2, -0.15) is 0 Å². The van der Waals surface area contributed by atoms with Crippen molar-refractivity contribution in [2.75, 3.05) is 31.2 Å². The fourth-order valence-electron chi connectivity index (χ4n) is 6.04. The van der Waals surface area contributed by atoms with Gasteiger partial charge in [-0.25, -0.2) is 9.18 Å². The minimum Gasteiger partial charge on any atom is -0.493 e. The summed E-state index contributed by atoms with van der Waals surface area (Å²) in [5.41, 5.74) is 5.63. The molecule has 0 aliphatic carbocycles. The van der Waals surface area contributed by atoms with Crippen molar-refractivity contribution in [3.05, 3.63) is 82.9 Å². The Bertz CT molecular complexity index is 1580. The lowest BCUT2D eigenvalue weighted by Gasteiger charge is -2.41. The molecule has 0 bridgehead atoms. The van der Waals surface area contributed by atoms with Gasteiger partial charge in [0.05, 0.1) is 42.4 Å². The average Bonchev–Trinajstić information content (AvgIpc) is 3.02. The van der Waals surface area contributed by atoms with Crippen molar-refractivity contribution in [3.8, 4) is 16.9 Å². The number of aromatic nitrogens is 1. The fourth-order valence-corrected chi connectivity index (χ4v) is 6.04. The van der Waals surface area contributed by atoms with E-state index in [4.69, 9.17) is 23.9 Å². The summed E-state index contributed by atoms with van der Waals surface area (Å²) in [4.78, 5) is 21.5. The number of esters is 1. The van der Waals surface area contributed by atoms with E-state index in [-0.39, 0.29) is 23.4 Å². The van der Waals surface area contributed by atoms with E-state index in [2.05, 4.69) is 30.9 Å². The van der Waals surface area contributed by atoms with Crippen LogP contribution in [0.25, 0.3) is 17.2 Å². The number of benzene rings is 2. The lowest BCUT2D eigenvalue weighted by molar-refractivity contribution is -0.171. The molecule has 272 valence electrons. The van der Waals surface area contributed by atoms with E-state index < -0.39 is 17.7 Å². The number of anilines is 1. The molecular weight excluding hydrogens is 631 g/mol. The molecular formula is C42H57FN2O5. The second-order valence-electron chi connectivity index (χ2n) is 15.5. The molecule has 0 spiro atoms. The molecule has 0 saturated carbocycles. The van der Waals surface area contributed by atoms with Crippen LogP contribution in [-0.2, 0) is 25.4 Å². The summed E-state index contributed by atoms with van der Waals surface area (Å²) in [6.07, 6.45) is 5.50. The number of halogens is 1. The third kappa shape index (κ3) is 11.1. The van der Waals surface area contributed by atoms with Crippen LogP contribution in [0.3, 0.4) is 0 Å². The largest absolute Gasteiger partial charge is 0.493 e. The first-order valence-electron chi connectivity index (χ1n) is 18.0. The quantitative estimate of drug-likeness (QED) is 0.156. The molecule has 4 rings (SSSR count). The van der Waals surface area contributed by atoms with Crippen LogP contribution in [0.4, 0.5) is 10.1 Å². The maximum Gasteiger partial charge on any atom is 0.340 e. The number of pyridine rings is 1. The standard InChI is InChI=1S/C42H57FN2O5/c1-28(2)47-26-11-12-35-37(32-15-19-34(20-16-32)48-27-21-31-13-17-33(43)18-14-31)38(45-24-22-42(9,10)23-25-45)36(30(5)44-35)39(50-41(6,7)8)40(46)49-29(3)4/h11-20,28-29,39H,21-27H2,1-10H3/b12-11-/t39-/m0/s1. The SMILES string of the molecule is Cc1nc(/C=C\COC(C)C)c(-c2ccc(OCCc3ccc(F)cc3)cc2)c(N2CCC(C)(C)CC2)c1[C@H](OC(C)(C)C)C(=O)OC(C)C. The van der Waals surface area contributed by atoms with Crippen LogP contribution in [-0.4, -0.2) is 55.1 Å². The van der Waals surface area contributed by atoms with Crippen molar-refractivity contribution in [2.24, 2.45) is 5.41 Å². The zero-order valence-corrected chi connectivity index (χ0v) is 31.8. The van der Waals surface area contributed by atoms with Crippen LogP contribution in [0.2, 0.25) is 0 Å². The Morgan fingerprint density at radius 1 is 0.980 bits per heavy atom. The summed E-state index contributed by atoms with van der Waals surface area (Å²) in [6, 6.07) is 14.5. The first kappa shape index (κ1) is 39.0. The Morgan fingerprint density at radius 2 is 1.62 bits per heavy atom. The molecule has 0 unspecified atom stereocenters. The summed E-state index contributed by atoms with van der Waals surface area (Å²) < 4.78 is 37.7. The van der Waals surface area contributed by atoms with Gasteiger partial charge in [0, 0.05) is 36.3 Å². The van der Waals surface area contributed by atoms with Gasteiger partial charge in [-0.3, -0.25) is 4.98 Å². The molecule has 8 heteroatoms. The van der Waals surface area contributed by atoms with Crippen LogP contribution in [0.5, 0.6) is 5.75 Å². The second kappa shape index (κ2) is 17.0. The van der Waals surface area contributed by atoms with E-state index in [1.54, 1.807) is 12.1 Å². The highest BCUT2D eigenvalue weighted by Gasteiger charge is 2.38. The molecule has 0 amide bonds. The van der Waals surface area contributed by atoms with Crippen LogP contribution in [0, 0.1) is 18.2 Å². The first-order chi connectivity index (χ1) is 23.5. The van der Waals surface area contributed by atoms with Crippen molar-refractivity contribution in [1.29, 1.82) is 0 Å². The van der Waals surface area contributed by atoms with Crippen molar-refractivity contribution >= 4 is 17.7 Å². The van der Waals surface area contributed by atoms with E-state index in [9.17, 15) is 9.18 Å². The number of hydrogen-bond acceptors (Lipinski definition) is 7. The molecule has 2 heterocycles. The Labute approximate surface area is 299 Å². The number of piperidine rings is 1. The minimum absolute atomic E-state index is 0.0985. The van der Waals surface area contributed by atoms with Gasteiger partial charge < -0.3 is 23.8 Å². The van der Waals surface area contributed by atoms with Gasteiger partial charge in [0.1, 0.15) is 11.6 Å². The highest BCUT2D eigenvalue weighted by atomic mass is 19.1. The van der Waals surface area contributed by atoms with E-state index in [0.29, 0.717) is 25.3 Å². The molecule has 1 aliphatic heterocycles. The normalized spacial score (nSPS) is 15.6. The van der Waals surface area contributed by atoms with Crippen molar-refractivity contribution in [1.82, 2.24) is 4.98 Å². The number of carbonyl (C=O) groups is 1. The molecule has 1 fully saturated rings. The molecule has 1 aromatic heterocycles. The minimum atomic E-state index is -0.982. The maximum atomic E-state index is 13.9. The van der Waals surface area contributed by atoms with E-state index in [1.165, 1.54) is 12.1 Å². The number of rotatable bonds is 14. The lowest BCUT2D eigenvalue weighted by atomic mass is 9.81. The summed E-state index contributed by atoms with van der Waals surface area (Å²) in [5.74, 6) is 0.0543. The molecule has 2 aromatic carbocycles. The Balaban J connectivity index is 1.86. The van der Waals surface area contributed by atoms with Gasteiger partial charge >= 0.3 is 5.97 Å². The molecule has 1 saturated heterocycles. The molecule has 0 N–H and O–H groups in total. The Hall–Kier alpha value is -3.75. The summed E-state index contributed by atoms with van der Waals surface area (Å²) in [7, 11) is 0. The van der Waals surface area contributed by atoms with Gasteiger partial charge in [-0.05, 0) is 115 Å². The van der Waals surface area contributed by atoms with Crippen molar-refractivity contribution in [3.63, 3.8) is 0 Å². The van der Waals surface area contributed by atoms with E-state index >= 15 is 0 Å². The van der Waals surface area contributed by atoms with E-state index in [1.807, 2.05) is 79.7 Å². The molecule has 3 aromatic rings. The average molecular weight is 689 g/mol. The predicted octanol–water partition coefficient (Wildman–Crippen LogP) is 9.69. The number of nitrogens with zero attached hydrogens (tertiary/aromatic N) is 2. The topological polar surface area (TPSA) is 70.1 Å². The second-order valence-corrected chi connectivity index (χ2v) is 15.5. The van der Waals surface area contributed by atoms with E-state index in [0.717, 1.165) is 65.3 Å². The zero-order chi connectivity index (χ0) is 36.6. The summed E-state index contributed by atoms with van der Waals surface area (Å²) in [5, 5.41) is 0. The highest BCUT2D eigenvalue weighted by molar-refractivity contribution is 5.91. The molecule has 7 nitrogen and oxygen atoms in total. The third-order valence-corrected chi connectivity index (χ3v) is 8.68. The zero-order valence-electron chi connectivity index (χ0n) is 31.8. The Morgan fingerprint density at radius 3 is 2.20 bits per heavy atom. The molecule has 50 heavy (non-hydrogen) atoms. The number of hydrogen-bond donors (Lipinski definition) is 0. The number of carbonyl (C=O) groups excluding carboxylic acids is 1. The van der Waals surface area contributed by atoms with Gasteiger partial charge in [-0.1, -0.05) is 44.2 Å². The molecule has 0 radical (unpaired) electrons. The molecule has 1 aliphatic rings. The van der Waals surface area contributed by atoms with Crippen LogP contribution in [0.15, 0.2) is 54.6 Å². The lowest BCUT2D eigenvalue weighted by Crippen LogP contribution is -2.39. The Kier molecular flexibility index (Phi) is 13.3. The third-order valence-electron chi connectivity index (χ3n) is 8.68. The molecule has 1 atom stereocenters. The summed E-state index contributed by atoms with van der Waals surface area (Å²) >= 11 is 0. The first-order valence-corrected chi connectivity index (χ1v) is 18.0. The monoisotopic (exact) mass is 688 g/mol. The highest BCUT2D eigenvalue weighted by Crippen LogP contribution is 2.46. The predicted molar refractivity (Wildman–Crippen MR) is 200 cm³/mol. The van der Waals surface area contributed by atoms with Gasteiger partial charge in [0.15, 0.2) is 6.10 Å². The van der Waals surface area contributed by atoms with Crippen LogP contribution in [0.1, 0.15) is 104 Å². The van der Waals surface area contributed by atoms with Crippen LogP contribution >= 0.6 is 0 Å². The van der Waals surface area contributed by atoms with Crippen molar-refractivity contribution < 1.29 is 28.1 Å². The van der Waals surface area contributed by atoms with Gasteiger partial charge in [0.25, 0.3) is 0 Å².